The molecule has 6 nitrogen and oxygen atoms in total. The number of aromatic carboxylic acids is 1. The summed E-state index contributed by atoms with van der Waals surface area (Å²) in [6, 6.07) is 2.66. The minimum atomic E-state index is -3.86. The highest BCUT2D eigenvalue weighted by molar-refractivity contribution is 7.89. The number of carbonyl (C=O) groups is 1. The average Bonchev–Trinajstić information content (AvgIpc) is 2.46. The Balaban J connectivity index is 2.33. The van der Waals surface area contributed by atoms with E-state index in [1.54, 1.807) is 0 Å². The first-order chi connectivity index (χ1) is 10.2. The Hall–Kier alpha value is -1.51. The van der Waals surface area contributed by atoms with Gasteiger partial charge in [-0.15, -0.1) is 0 Å². The van der Waals surface area contributed by atoms with E-state index in [0.717, 1.165) is 37.6 Å². The Morgan fingerprint density at radius 3 is 2.73 bits per heavy atom. The summed E-state index contributed by atoms with van der Waals surface area (Å²) in [7, 11) is -0.459. The van der Waals surface area contributed by atoms with Gasteiger partial charge in [0, 0.05) is 19.6 Å². The van der Waals surface area contributed by atoms with Crippen molar-refractivity contribution in [3.63, 3.8) is 0 Å². The predicted octanol–water partition coefficient (Wildman–Crippen LogP) is 1.24. The molecule has 1 unspecified atom stereocenters. The van der Waals surface area contributed by atoms with E-state index in [1.807, 2.05) is 11.9 Å². The number of carboxylic acids is 1. The zero-order valence-electron chi connectivity index (χ0n) is 12.5. The van der Waals surface area contributed by atoms with Gasteiger partial charge >= 0.3 is 5.97 Å². The van der Waals surface area contributed by atoms with E-state index in [2.05, 4.69) is 0 Å². The molecule has 22 heavy (non-hydrogen) atoms. The van der Waals surface area contributed by atoms with E-state index in [1.165, 1.54) is 11.4 Å². The van der Waals surface area contributed by atoms with E-state index in [9.17, 15) is 17.6 Å². The minimum Gasteiger partial charge on any atom is -0.478 e. The second-order valence-electron chi connectivity index (χ2n) is 5.53. The van der Waals surface area contributed by atoms with E-state index in [4.69, 9.17) is 5.11 Å². The van der Waals surface area contributed by atoms with Crippen molar-refractivity contribution in [1.82, 2.24) is 9.21 Å². The number of likely N-dealkylation sites (tertiary alicyclic amines) is 1. The molecule has 1 aromatic rings. The van der Waals surface area contributed by atoms with Gasteiger partial charge in [0.15, 0.2) is 0 Å². The monoisotopic (exact) mass is 330 g/mol. The molecule has 0 amide bonds. The van der Waals surface area contributed by atoms with Crippen LogP contribution >= 0.6 is 0 Å². The second-order valence-corrected chi connectivity index (χ2v) is 7.52. The molecule has 2 rings (SSSR count). The van der Waals surface area contributed by atoms with Crippen LogP contribution in [0, 0.1) is 5.82 Å². The zero-order valence-corrected chi connectivity index (χ0v) is 13.3. The Morgan fingerprint density at radius 2 is 2.14 bits per heavy atom. The van der Waals surface area contributed by atoms with Gasteiger partial charge in [0.25, 0.3) is 0 Å². The van der Waals surface area contributed by atoms with Gasteiger partial charge in [-0.05, 0) is 44.6 Å². The number of benzene rings is 1. The molecule has 0 saturated carbocycles. The largest absolute Gasteiger partial charge is 0.478 e. The van der Waals surface area contributed by atoms with Gasteiger partial charge in [-0.25, -0.2) is 17.6 Å². The molecule has 1 aromatic carbocycles. The SMILES string of the molecule is CN1CCCC(N(C)S(=O)(=O)c2ccc(F)c(C(=O)O)c2)C1. The molecule has 1 atom stereocenters. The third-order valence-electron chi connectivity index (χ3n) is 3.96. The molecule has 1 saturated heterocycles. The van der Waals surface area contributed by atoms with Crippen LogP contribution in [0.4, 0.5) is 4.39 Å². The number of carboxylic acid groups (broad SMARTS) is 1. The summed E-state index contributed by atoms with van der Waals surface area (Å²) in [4.78, 5) is 12.8. The lowest BCUT2D eigenvalue weighted by molar-refractivity contribution is 0.0691. The molecule has 0 aliphatic carbocycles. The Kier molecular flexibility index (Phi) is 4.84. The molecule has 0 spiro atoms. The molecule has 0 radical (unpaired) electrons. The minimum absolute atomic E-state index is 0.179. The van der Waals surface area contributed by atoms with Crippen molar-refractivity contribution in [2.45, 2.75) is 23.8 Å². The maximum absolute atomic E-state index is 13.4. The summed E-state index contributed by atoms with van der Waals surface area (Å²) < 4.78 is 39.9. The maximum atomic E-state index is 13.4. The number of likely N-dealkylation sites (N-methyl/N-ethyl adjacent to an activating group) is 2. The Labute approximate surface area is 129 Å². The fraction of sp³-hybridized carbons (Fsp3) is 0.500. The molecule has 1 aliphatic rings. The molecular weight excluding hydrogens is 311 g/mol. The van der Waals surface area contributed by atoms with Crippen molar-refractivity contribution in [3.8, 4) is 0 Å². The van der Waals surface area contributed by atoms with Crippen LogP contribution in [-0.4, -0.2) is 61.9 Å². The van der Waals surface area contributed by atoms with E-state index in [-0.39, 0.29) is 10.9 Å². The quantitative estimate of drug-likeness (QED) is 0.899. The lowest BCUT2D eigenvalue weighted by Crippen LogP contribution is -2.47. The normalized spacial score (nSPS) is 20.3. The molecule has 1 N–H and O–H groups in total. The van der Waals surface area contributed by atoms with Crippen molar-refractivity contribution in [1.29, 1.82) is 0 Å². The lowest BCUT2D eigenvalue weighted by atomic mass is 10.1. The first-order valence-electron chi connectivity index (χ1n) is 6.93. The third kappa shape index (κ3) is 3.29. The van der Waals surface area contributed by atoms with E-state index < -0.39 is 27.4 Å². The van der Waals surface area contributed by atoms with Crippen molar-refractivity contribution in [2.75, 3.05) is 27.2 Å². The molecule has 1 fully saturated rings. The van der Waals surface area contributed by atoms with Gasteiger partial charge in [0.1, 0.15) is 5.82 Å². The number of sulfonamides is 1. The molecule has 1 heterocycles. The summed E-state index contributed by atoms with van der Waals surface area (Å²) >= 11 is 0. The van der Waals surface area contributed by atoms with Crippen LogP contribution in [0.3, 0.4) is 0 Å². The summed E-state index contributed by atoms with van der Waals surface area (Å²) in [5.41, 5.74) is -0.643. The van der Waals surface area contributed by atoms with Crippen LogP contribution in [-0.2, 0) is 10.0 Å². The molecule has 0 bridgehead atoms. The molecule has 8 heteroatoms. The number of hydrogen-bond acceptors (Lipinski definition) is 4. The molecular formula is C14H19FN2O4S. The van der Waals surface area contributed by atoms with Crippen LogP contribution < -0.4 is 0 Å². The summed E-state index contributed by atoms with van der Waals surface area (Å²) in [5.74, 6) is -2.44. The number of hydrogen-bond donors (Lipinski definition) is 1. The number of nitrogens with zero attached hydrogens (tertiary/aromatic N) is 2. The third-order valence-corrected chi connectivity index (χ3v) is 5.87. The highest BCUT2D eigenvalue weighted by atomic mass is 32.2. The fourth-order valence-corrected chi connectivity index (χ4v) is 4.03. The second kappa shape index (κ2) is 6.31. The van der Waals surface area contributed by atoms with Crippen molar-refractivity contribution in [3.05, 3.63) is 29.6 Å². The Bertz CT molecular complexity index is 677. The van der Waals surface area contributed by atoms with Crippen LogP contribution in [0.5, 0.6) is 0 Å². The summed E-state index contributed by atoms with van der Waals surface area (Å²) in [6.45, 7) is 1.53. The number of halogens is 1. The van der Waals surface area contributed by atoms with Crippen molar-refractivity contribution < 1.29 is 22.7 Å². The summed E-state index contributed by atoms with van der Waals surface area (Å²) in [5, 5.41) is 8.92. The lowest BCUT2D eigenvalue weighted by Gasteiger charge is -2.35. The standard InChI is InChI=1S/C14H19FN2O4S/c1-16-7-3-4-10(9-16)17(2)22(20,21)11-5-6-13(15)12(8-11)14(18)19/h5-6,8,10H,3-4,7,9H2,1-2H3,(H,18,19). The highest BCUT2D eigenvalue weighted by Gasteiger charge is 2.31. The highest BCUT2D eigenvalue weighted by Crippen LogP contribution is 2.23. The van der Waals surface area contributed by atoms with Gasteiger partial charge in [0.05, 0.1) is 10.5 Å². The predicted molar refractivity (Wildman–Crippen MR) is 78.8 cm³/mol. The van der Waals surface area contributed by atoms with Gasteiger partial charge in [0.2, 0.25) is 10.0 Å². The van der Waals surface area contributed by atoms with Crippen LogP contribution in [0.2, 0.25) is 0 Å². The van der Waals surface area contributed by atoms with Crippen LogP contribution in [0.25, 0.3) is 0 Å². The first kappa shape index (κ1) is 16.9. The smallest absolute Gasteiger partial charge is 0.338 e. The molecule has 1 aliphatic heterocycles. The summed E-state index contributed by atoms with van der Waals surface area (Å²) in [6.07, 6.45) is 1.64. The number of piperidine rings is 1. The van der Waals surface area contributed by atoms with Gasteiger partial charge < -0.3 is 10.0 Å². The zero-order chi connectivity index (χ0) is 16.5. The first-order valence-corrected chi connectivity index (χ1v) is 8.37. The molecule has 0 aromatic heterocycles. The van der Waals surface area contributed by atoms with E-state index in [0.29, 0.717) is 6.54 Å². The van der Waals surface area contributed by atoms with Crippen molar-refractivity contribution in [2.24, 2.45) is 0 Å². The average molecular weight is 330 g/mol. The fourth-order valence-electron chi connectivity index (χ4n) is 2.63. The van der Waals surface area contributed by atoms with Gasteiger partial charge in [-0.2, -0.15) is 4.31 Å². The van der Waals surface area contributed by atoms with Gasteiger partial charge in [-0.3, -0.25) is 0 Å². The molecule has 122 valence electrons. The van der Waals surface area contributed by atoms with E-state index >= 15 is 0 Å². The van der Waals surface area contributed by atoms with Crippen LogP contribution in [0.1, 0.15) is 23.2 Å². The maximum Gasteiger partial charge on any atom is 0.338 e. The van der Waals surface area contributed by atoms with Gasteiger partial charge in [-0.1, -0.05) is 0 Å². The number of rotatable bonds is 4. The van der Waals surface area contributed by atoms with Crippen molar-refractivity contribution >= 4 is 16.0 Å². The van der Waals surface area contributed by atoms with Crippen LogP contribution in [0.15, 0.2) is 23.1 Å². The Morgan fingerprint density at radius 1 is 1.45 bits per heavy atom. The topological polar surface area (TPSA) is 77.9 Å².